The number of hydrogen-bond donors (Lipinski definition) is 1. The average molecular weight is 327 g/mol. The quantitative estimate of drug-likeness (QED) is 0.513. The van der Waals surface area contributed by atoms with Gasteiger partial charge in [-0.2, -0.15) is 0 Å². The van der Waals surface area contributed by atoms with Gasteiger partial charge in [-0.25, -0.2) is 0 Å². The van der Waals surface area contributed by atoms with E-state index in [-0.39, 0.29) is 0 Å². The molecule has 0 amide bonds. The van der Waals surface area contributed by atoms with Crippen molar-refractivity contribution in [2.24, 2.45) is 5.73 Å². The van der Waals surface area contributed by atoms with Crippen LogP contribution < -0.4 is 5.73 Å². The number of thiocarbonyl (C=S) groups is 1. The first-order valence-corrected chi connectivity index (χ1v) is 8.73. The molecule has 0 fully saturated rings. The zero-order chi connectivity index (χ0) is 16.3. The predicted octanol–water partition coefficient (Wildman–Crippen LogP) is 4.54. The minimum absolute atomic E-state index is 0.635. The van der Waals surface area contributed by atoms with E-state index in [9.17, 15) is 0 Å². The Kier molecular flexibility index (Phi) is 7.78. The van der Waals surface area contributed by atoms with Crippen molar-refractivity contribution >= 4 is 17.2 Å². The second-order valence-electron chi connectivity index (χ2n) is 5.96. The molecule has 23 heavy (non-hydrogen) atoms. The fourth-order valence-corrected chi connectivity index (χ4v) is 2.85. The van der Waals surface area contributed by atoms with Crippen molar-refractivity contribution in [2.45, 2.75) is 38.8 Å². The van der Waals surface area contributed by atoms with Gasteiger partial charge in [0.05, 0.1) is 4.99 Å². The zero-order valence-electron chi connectivity index (χ0n) is 13.7. The largest absolute Gasteiger partial charge is 0.393 e. The van der Waals surface area contributed by atoms with E-state index in [0.29, 0.717) is 4.99 Å². The molecule has 0 aliphatic rings. The fraction of sp³-hybridized carbons (Fsp3) is 0.350. The highest BCUT2D eigenvalue weighted by atomic mass is 32.1. The van der Waals surface area contributed by atoms with E-state index >= 15 is 0 Å². The number of hydrogen-bond acceptors (Lipinski definition) is 2. The lowest BCUT2D eigenvalue weighted by Gasteiger charge is -2.22. The van der Waals surface area contributed by atoms with Gasteiger partial charge in [0, 0.05) is 13.1 Å². The van der Waals surface area contributed by atoms with Crippen molar-refractivity contribution < 1.29 is 0 Å². The van der Waals surface area contributed by atoms with E-state index in [0.717, 1.165) is 32.5 Å². The first-order chi connectivity index (χ1) is 11.2. The van der Waals surface area contributed by atoms with Crippen LogP contribution in [-0.2, 0) is 13.1 Å². The number of nitrogens with zero attached hydrogens (tertiary/aromatic N) is 1. The van der Waals surface area contributed by atoms with Gasteiger partial charge in [0.15, 0.2) is 0 Å². The Labute approximate surface area is 145 Å². The number of benzene rings is 2. The molecule has 0 heterocycles. The lowest BCUT2D eigenvalue weighted by molar-refractivity contribution is 0.250. The molecule has 3 heteroatoms. The zero-order valence-corrected chi connectivity index (χ0v) is 14.5. The van der Waals surface area contributed by atoms with Crippen LogP contribution in [0.5, 0.6) is 0 Å². The molecule has 2 nitrogen and oxygen atoms in total. The maximum atomic E-state index is 5.56. The molecule has 0 saturated heterocycles. The SMILES string of the molecule is NC(=S)CCCCCN(Cc1ccccc1)Cc1ccccc1. The van der Waals surface area contributed by atoms with Crippen molar-refractivity contribution in [2.75, 3.05) is 6.54 Å². The molecule has 2 N–H and O–H groups in total. The summed E-state index contributed by atoms with van der Waals surface area (Å²) in [5, 5.41) is 0. The summed E-state index contributed by atoms with van der Waals surface area (Å²) >= 11 is 4.94. The molecule has 2 rings (SSSR count). The van der Waals surface area contributed by atoms with E-state index in [1.165, 1.54) is 24.0 Å². The van der Waals surface area contributed by atoms with E-state index < -0.39 is 0 Å². The monoisotopic (exact) mass is 326 g/mol. The van der Waals surface area contributed by atoms with Crippen molar-refractivity contribution in [3.05, 3.63) is 71.8 Å². The third kappa shape index (κ3) is 7.40. The van der Waals surface area contributed by atoms with Crippen molar-refractivity contribution in [1.82, 2.24) is 4.90 Å². The summed E-state index contributed by atoms with van der Waals surface area (Å²) < 4.78 is 0. The van der Waals surface area contributed by atoms with Gasteiger partial charge in [-0.05, 0) is 36.9 Å². The molecule has 0 aromatic heterocycles. The maximum Gasteiger partial charge on any atom is 0.0727 e. The van der Waals surface area contributed by atoms with Crippen LogP contribution in [0.1, 0.15) is 36.8 Å². The Balaban J connectivity index is 1.87. The molecule has 2 aromatic carbocycles. The van der Waals surface area contributed by atoms with E-state index in [1.807, 2.05) is 0 Å². The van der Waals surface area contributed by atoms with E-state index in [1.54, 1.807) is 0 Å². The van der Waals surface area contributed by atoms with E-state index in [2.05, 4.69) is 65.6 Å². The van der Waals surface area contributed by atoms with Crippen molar-refractivity contribution in [3.63, 3.8) is 0 Å². The third-order valence-corrected chi connectivity index (χ3v) is 4.10. The third-order valence-electron chi connectivity index (χ3n) is 3.90. The molecule has 0 atom stereocenters. The Morgan fingerprint density at radius 2 is 1.30 bits per heavy atom. The van der Waals surface area contributed by atoms with Crippen LogP contribution in [0.4, 0.5) is 0 Å². The van der Waals surface area contributed by atoms with Gasteiger partial charge in [-0.1, -0.05) is 79.3 Å². The van der Waals surface area contributed by atoms with Gasteiger partial charge >= 0.3 is 0 Å². The highest BCUT2D eigenvalue weighted by Gasteiger charge is 2.07. The molecular formula is C20H26N2S. The second kappa shape index (κ2) is 10.1. The number of nitrogens with two attached hydrogens (primary N) is 1. The fourth-order valence-electron chi connectivity index (χ4n) is 2.71. The van der Waals surface area contributed by atoms with Gasteiger partial charge in [0.2, 0.25) is 0 Å². The molecule has 0 aliphatic carbocycles. The molecule has 0 unspecified atom stereocenters. The summed E-state index contributed by atoms with van der Waals surface area (Å²) in [6.45, 7) is 3.08. The Morgan fingerprint density at radius 1 is 0.783 bits per heavy atom. The smallest absolute Gasteiger partial charge is 0.0727 e. The van der Waals surface area contributed by atoms with Crippen LogP contribution in [0, 0.1) is 0 Å². The molecular weight excluding hydrogens is 300 g/mol. The van der Waals surface area contributed by atoms with Crippen LogP contribution in [0.15, 0.2) is 60.7 Å². The summed E-state index contributed by atoms with van der Waals surface area (Å²) in [5.41, 5.74) is 8.29. The summed E-state index contributed by atoms with van der Waals surface area (Å²) in [6, 6.07) is 21.4. The normalized spacial score (nSPS) is 10.8. The van der Waals surface area contributed by atoms with Crippen LogP contribution in [0.25, 0.3) is 0 Å². The van der Waals surface area contributed by atoms with E-state index in [4.69, 9.17) is 18.0 Å². The second-order valence-corrected chi connectivity index (χ2v) is 6.48. The van der Waals surface area contributed by atoms with Gasteiger partial charge in [-0.3, -0.25) is 4.90 Å². The van der Waals surface area contributed by atoms with Crippen LogP contribution >= 0.6 is 12.2 Å². The first kappa shape index (κ1) is 17.6. The van der Waals surface area contributed by atoms with Gasteiger partial charge in [0.25, 0.3) is 0 Å². The minimum Gasteiger partial charge on any atom is -0.393 e. The maximum absolute atomic E-state index is 5.56. The summed E-state index contributed by atoms with van der Waals surface area (Å²) in [6.07, 6.45) is 4.33. The predicted molar refractivity (Wildman–Crippen MR) is 102 cm³/mol. The highest BCUT2D eigenvalue weighted by molar-refractivity contribution is 7.80. The Hall–Kier alpha value is -1.71. The molecule has 2 aromatic rings. The van der Waals surface area contributed by atoms with Crippen LogP contribution in [0.3, 0.4) is 0 Å². The number of rotatable bonds is 10. The lowest BCUT2D eigenvalue weighted by Crippen LogP contribution is -2.24. The van der Waals surface area contributed by atoms with Crippen molar-refractivity contribution in [1.29, 1.82) is 0 Å². The van der Waals surface area contributed by atoms with Crippen LogP contribution in [-0.4, -0.2) is 16.4 Å². The molecule has 0 aliphatic heterocycles. The average Bonchev–Trinajstić information content (AvgIpc) is 2.56. The molecule has 0 bridgehead atoms. The summed E-state index contributed by atoms with van der Waals surface area (Å²) in [5.74, 6) is 0. The lowest BCUT2D eigenvalue weighted by atomic mass is 10.1. The Bertz CT molecular complexity index is 527. The van der Waals surface area contributed by atoms with Gasteiger partial charge in [-0.15, -0.1) is 0 Å². The summed E-state index contributed by atoms with van der Waals surface area (Å²) in [4.78, 5) is 3.15. The van der Waals surface area contributed by atoms with Gasteiger partial charge < -0.3 is 5.73 Å². The molecule has 0 saturated carbocycles. The number of unbranched alkanes of at least 4 members (excludes halogenated alkanes) is 2. The molecule has 0 spiro atoms. The molecule has 122 valence electrons. The minimum atomic E-state index is 0.635. The Morgan fingerprint density at radius 3 is 1.78 bits per heavy atom. The van der Waals surface area contributed by atoms with Crippen LogP contribution in [0.2, 0.25) is 0 Å². The molecule has 0 radical (unpaired) electrons. The van der Waals surface area contributed by atoms with Crippen molar-refractivity contribution in [3.8, 4) is 0 Å². The van der Waals surface area contributed by atoms with Gasteiger partial charge in [0.1, 0.15) is 0 Å². The summed E-state index contributed by atoms with van der Waals surface area (Å²) in [7, 11) is 0. The highest BCUT2D eigenvalue weighted by Crippen LogP contribution is 2.12. The standard InChI is InChI=1S/C20H26N2S/c21-20(23)14-8-3-9-15-22(16-18-10-4-1-5-11-18)17-19-12-6-2-7-13-19/h1-2,4-7,10-13H,3,8-9,14-17H2,(H2,21,23). The first-order valence-electron chi connectivity index (χ1n) is 8.32. The topological polar surface area (TPSA) is 29.3 Å².